The van der Waals surface area contributed by atoms with Crippen LogP contribution in [0.4, 0.5) is 5.00 Å². The van der Waals surface area contributed by atoms with Crippen molar-refractivity contribution in [3.63, 3.8) is 0 Å². The Morgan fingerprint density at radius 2 is 2.31 bits per heavy atom. The Morgan fingerprint density at radius 3 is 3.00 bits per heavy atom. The molecule has 1 atom stereocenters. The normalized spacial score (nSPS) is 15.8. The number of ether oxygens (including phenoxy) is 1. The standard InChI is InChI=1S/C20H21BrN2O2S/c1-3-13-5-7-17(16(21)9-13)25-11-19(24)23-20-15(10-22)14-6-4-12(2)8-18(14)26-20/h5,7,9,12H,3-4,6,8,11H2,1-2H3,(H,23,24). The van der Waals surface area contributed by atoms with E-state index in [2.05, 4.69) is 41.2 Å². The van der Waals surface area contributed by atoms with Crippen molar-refractivity contribution in [2.45, 2.75) is 39.5 Å². The number of carbonyl (C=O) groups excluding carboxylic acids is 1. The number of rotatable bonds is 5. The molecule has 1 N–H and O–H groups in total. The largest absolute Gasteiger partial charge is 0.483 e. The van der Waals surface area contributed by atoms with Crippen molar-refractivity contribution in [1.82, 2.24) is 0 Å². The minimum Gasteiger partial charge on any atom is -0.483 e. The molecule has 1 aromatic heterocycles. The summed E-state index contributed by atoms with van der Waals surface area (Å²) in [6.07, 6.45) is 3.94. The molecule has 26 heavy (non-hydrogen) atoms. The lowest BCUT2D eigenvalue weighted by Crippen LogP contribution is -2.20. The summed E-state index contributed by atoms with van der Waals surface area (Å²) in [4.78, 5) is 13.5. The van der Waals surface area contributed by atoms with Crippen LogP contribution in [-0.4, -0.2) is 12.5 Å². The van der Waals surface area contributed by atoms with Gasteiger partial charge in [-0.2, -0.15) is 5.26 Å². The van der Waals surface area contributed by atoms with Gasteiger partial charge in [-0.3, -0.25) is 4.79 Å². The molecule has 0 saturated carbocycles. The predicted octanol–water partition coefficient (Wildman–Crippen LogP) is 5.09. The molecule has 1 aliphatic rings. The molecule has 1 aliphatic carbocycles. The average molecular weight is 433 g/mol. The number of amides is 1. The highest BCUT2D eigenvalue weighted by Gasteiger charge is 2.24. The number of fused-ring (bicyclic) bond motifs is 1. The van der Waals surface area contributed by atoms with Gasteiger partial charge in [-0.05, 0) is 70.8 Å². The van der Waals surface area contributed by atoms with Crippen molar-refractivity contribution < 1.29 is 9.53 Å². The molecule has 0 bridgehead atoms. The van der Waals surface area contributed by atoms with Crippen molar-refractivity contribution in [2.75, 3.05) is 11.9 Å². The fourth-order valence-electron chi connectivity index (χ4n) is 3.14. The van der Waals surface area contributed by atoms with Gasteiger partial charge in [0.15, 0.2) is 6.61 Å². The van der Waals surface area contributed by atoms with Crippen LogP contribution in [0, 0.1) is 17.2 Å². The first-order valence-corrected chi connectivity index (χ1v) is 10.4. The van der Waals surface area contributed by atoms with E-state index in [1.54, 1.807) is 0 Å². The summed E-state index contributed by atoms with van der Waals surface area (Å²) in [6, 6.07) is 8.11. The number of thiophene rings is 1. The Kier molecular flexibility index (Phi) is 6.00. The molecule has 0 spiro atoms. The van der Waals surface area contributed by atoms with E-state index >= 15 is 0 Å². The van der Waals surface area contributed by atoms with Crippen LogP contribution in [0.15, 0.2) is 22.7 Å². The molecule has 1 heterocycles. The van der Waals surface area contributed by atoms with Crippen LogP contribution in [0.1, 0.15) is 41.8 Å². The highest BCUT2D eigenvalue weighted by molar-refractivity contribution is 9.10. The molecule has 3 rings (SSSR count). The van der Waals surface area contributed by atoms with Gasteiger partial charge in [0.05, 0.1) is 10.0 Å². The second-order valence-corrected chi connectivity index (χ2v) is 8.58. The number of hydrogen-bond acceptors (Lipinski definition) is 4. The average Bonchev–Trinajstić information content (AvgIpc) is 2.96. The van der Waals surface area contributed by atoms with Gasteiger partial charge in [0, 0.05) is 4.88 Å². The van der Waals surface area contributed by atoms with Crippen molar-refractivity contribution in [2.24, 2.45) is 5.92 Å². The van der Waals surface area contributed by atoms with E-state index in [0.29, 0.717) is 22.2 Å². The Balaban J connectivity index is 1.66. The first-order chi connectivity index (χ1) is 12.5. The van der Waals surface area contributed by atoms with Gasteiger partial charge < -0.3 is 10.1 Å². The Hall–Kier alpha value is -1.84. The summed E-state index contributed by atoms with van der Waals surface area (Å²) in [6.45, 7) is 4.22. The highest BCUT2D eigenvalue weighted by atomic mass is 79.9. The first-order valence-electron chi connectivity index (χ1n) is 8.77. The highest BCUT2D eigenvalue weighted by Crippen LogP contribution is 2.39. The SMILES string of the molecule is CCc1ccc(OCC(=O)Nc2sc3c(c2C#N)CCC(C)C3)c(Br)c1. The van der Waals surface area contributed by atoms with Crippen LogP contribution in [0.5, 0.6) is 5.75 Å². The van der Waals surface area contributed by atoms with Crippen LogP contribution in [0.2, 0.25) is 0 Å². The zero-order valence-corrected chi connectivity index (χ0v) is 17.3. The fourth-order valence-corrected chi connectivity index (χ4v) is 5.06. The zero-order chi connectivity index (χ0) is 18.7. The number of hydrogen-bond donors (Lipinski definition) is 1. The molecule has 1 aromatic carbocycles. The zero-order valence-electron chi connectivity index (χ0n) is 14.9. The number of carbonyl (C=O) groups is 1. The number of benzene rings is 1. The van der Waals surface area contributed by atoms with E-state index in [4.69, 9.17) is 4.74 Å². The lowest BCUT2D eigenvalue weighted by Gasteiger charge is -2.17. The van der Waals surface area contributed by atoms with E-state index in [9.17, 15) is 10.1 Å². The molecule has 0 aliphatic heterocycles. The number of anilines is 1. The van der Waals surface area contributed by atoms with Gasteiger partial charge in [0.1, 0.15) is 16.8 Å². The van der Waals surface area contributed by atoms with Crippen LogP contribution >= 0.6 is 27.3 Å². The third-order valence-corrected chi connectivity index (χ3v) is 6.43. The van der Waals surface area contributed by atoms with Crippen LogP contribution < -0.4 is 10.1 Å². The summed E-state index contributed by atoms with van der Waals surface area (Å²) < 4.78 is 6.46. The van der Waals surface area contributed by atoms with Crippen molar-refractivity contribution in [3.05, 3.63) is 44.2 Å². The summed E-state index contributed by atoms with van der Waals surface area (Å²) in [5, 5.41) is 13.0. The maximum absolute atomic E-state index is 12.3. The summed E-state index contributed by atoms with van der Waals surface area (Å²) in [7, 11) is 0. The number of halogens is 1. The third kappa shape index (κ3) is 4.11. The summed E-state index contributed by atoms with van der Waals surface area (Å²) in [5.74, 6) is 1.01. The van der Waals surface area contributed by atoms with E-state index in [1.165, 1.54) is 21.8 Å². The Morgan fingerprint density at radius 1 is 1.50 bits per heavy atom. The van der Waals surface area contributed by atoms with Crippen LogP contribution in [-0.2, 0) is 24.1 Å². The quantitative estimate of drug-likeness (QED) is 0.715. The van der Waals surface area contributed by atoms with Crippen molar-refractivity contribution in [3.8, 4) is 11.8 Å². The van der Waals surface area contributed by atoms with Gasteiger partial charge in [0.25, 0.3) is 5.91 Å². The minimum atomic E-state index is -0.250. The maximum atomic E-state index is 12.3. The van der Waals surface area contributed by atoms with Gasteiger partial charge in [-0.1, -0.05) is 19.9 Å². The lowest BCUT2D eigenvalue weighted by atomic mass is 9.89. The molecule has 1 unspecified atom stereocenters. The molecule has 0 saturated heterocycles. The first kappa shape index (κ1) is 18.9. The molecule has 6 heteroatoms. The topological polar surface area (TPSA) is 62.1 Å². The van der Waals surface area contributed by atoms with Crippen molar-refractivity contribution >= 4 is 38.2 Å². The van der Waals surface area contributed by atoms with Gasteiger partial charge in [-0.25, -0.2) is 0 Å². The van der Waals surface area contributed by atoms with E-state index in [1.807, 2.05) is 18.2 Å². The molecule has 2 aromatic rings. The van der Waals surface area contributed by atoms with Crippen molar-refractivity contribution in [1.29, 1.82) is 5.26 Å². The number of nitrogens with one attached hydrogen (secondary N) is 1. The minimum absolute atomic E-state index is 0.0894. The van der Waals surface area contributed by atoms with Crippen LogP contribution in [0.3, 0.4) is 0 Å². The van der Waals surface area contributed by atoms with Gasteiger partial charge >= 0.3 is 0 Å². The predicted molar refractivity (Wildman–Crippen MR) is 108 cm³/mol. The molecular formula is C20H21BrN2O2S. The second-order valence-electron chi connectivity index (χ2n) is 6.62. The summed E-state index contributed by atoms with van der Waals surface area (Å²) in [5.41, 5.74) is 2.94. The van der Waals surface area contributed by atoms with Crippen LogP contribution in [0.25, 0.3) is 0 Å². The molecular weight excluding hydrogens is 412 g/mol. The molecule has 136 valence electrons. The Bertz CT molecular complexity index is 869. The number of nitriles is 1. The second kappa shape index (κ2) is 8.24. The summed E-state index contributed by atoms with van der Waals surface area (Å²) >= 11 is 5.00. The number of aryl methyl sites for hydroxylation is 1. The van der Waals surface area contributed by atoms with Gasteiger partial charge in [-0.15, -0.1) is 11.3 Å². The maximum Gasteiger partial charge on any atom is 0.262 e. The number of nitrogens with zero attached hydrogens (tertiary/aromatic N) is 1. The Labute approximate surface area is 166 Å². The monoisotopic (exact) mass is 432 g/mol. The molecule has 1 amide bonds. The smallest absolute Gasteiger partial charge is 0.262 e. The lowest BCUT2D eigenvalue weighted by molar-refractivity contribution is -0.118. The molecule has 0 radical (unpaired) electrons. The van der Waals surface area contributed by atoms with E-state index < -0.39 is 0 Å². The molecule has 0 fully saturated rings. The van der Waals surface area contributed by atoms with E-state index in [0.717, 1.165) is 35.7 Å². The fraction of sp³-hybridized carbons (Fsp3) is 0.400. The third-order valence-electron chi connectivity index (χ3n) is 4.64. The van der Waals surface area contributed by atoms with E-state index in [-0.39, 0.29) is 12.5 Å². The molecule has 4 nitrogen and oxygen atoms in total. The van der Waals surface area contributed by atoms with Gasteiger partial charge in [0.2, 0.25) is 0 Å².